The Labute approximate surface area is 213 Å². The largest absolute Gasteiger partial charge is 0.371 e. The third kappa shape index (κ3) is 5.54. The van der Waals surface area contributed by atoms with Crippen molar-refractivity contribution in [3.63, 3.8) is 0 Å². The molecular formula is C30H34N4O2. The first kappa shape index (κ1) is 23.9. The molecule has 0 spiro atoms. The van der Waals surface area contributed by atoms with Gasteiger partial charge in [0.25, 0.3) is 5.91 Å². The molecule has 1 saturated heterocycles. The second kappa shape index (κ2) is 10.9. The van der Waals surface area contributed by atoms with Gasteiger partial charge in [0, 0.05) is 30.5 Å². The minimum Gasteiger partial charge on any atom is -0.371 e. The number of rotatable bonds is 5. The predicted octanol–water partition coefficient (Wildman–Crippen LogP) is 5.59. The van der Waals surface area contributed by atoms with Crippen molar-refractivity contribution in [2.24, 2.45) is 0 Å². The molecule has 0 saturated carbocycles. The number of anilines is 2. The van der Waals surface area contributed by atoms with Crippen LogP contribution in [0.15, 0.2) is 72.8 Å². The number of urea groups is 1. The van der Waals surface area contributed by atoms with Crippen molar-refractivity contribution in [3.8, 4) is 0 Å². The van der Waals surface area contributed by atoms with Crippen LogP contribution in [0.4, 0.5) is 16.2 Å². The first-order valence-corrected chi connectivity index (χ1v) is 12.9. The van der Waals surface area contributed by atoms with Gasteiger partial charge >= 0.3 is 6.03 Å². The molecule has 1 aliphatic carbocycles. The maximum Gasteiger partial charge on any atom is 0.319 e. The van der Waals surface area contributed by atoms with Gasteiger partial charge in [-0.05, 0) is 74.4 Å². The van der Waals surface area contributed by atoms with Gasteiger partial charge in [-0.3, -0.25) is 4.79 Å². The third-order valence-corrected chi connectivity index (χ3v) is 7.30. The van der Waals surface area contributed by atoms with Crippen LogP contribution in [-0.2, 0) is 6.42 Å². The van der Waals surface area contributed by atoms with Gasteiger partial charge in [-0.15, -0.1) is 0 Å². The van der Waals surface area contributed by atoms with Crippen LogP contribution in [0.3, 0.4) is 0 Å². The Morgan fingerprint density at radius 2 is 1.56 bits per heavy atom. The molecule has 0 radical (unpaired) electrons. The van der Waals surface area contributed by atoms with E-state index in [1.54, 1.807) is 0 Å². The zero-order valence-corrected chi connectivity index (χ0v) is 20.8. The smallest absolute Gasteiger partial charge is 0.319 e. The highest BCUT2D eigenvalue weighted by Gasteiger charge is 2.26. The van der Waals surface area contributed by atoms with Crippen molar-refractivity contribution in [3.05, 3.63) is 95.1 Å². The SMILES string of the molecule is Cc1ccc(NC(=O)NC2CCN(c3ccccc3C(=O)N[C@H]3CCCc4ccccc43)CC2)cc1. The van der Waals surface area contributed by atoms with Crippen LogP contribution < -0.4 is 20.9 Å². The summed E-state index contributed by atoms with van der Waals surface area (Å²) >= 11 is 0. The first-order valence-electron chi connectivity index (χ1n) is 12.9. The molecule has 5 rings (SSSR count). The van der Waals surface area contributed by atoms with Gasteiger partial charge in [0.2, 0.25) is 0 Å². The molecule has 1 aliphatic heterocycles. The fourth-order valence-electron chi connectivity index (χ4n) is 5.34. The Balaban J connectivity index is 1.19. The molecule has 6 nitrogen and oxygen atoms in total. The molecule has 1 fully saturated rings. The van der Waals surface area contributed by atoms with E-state index in [1.807, 2.05) is 55.5 Å². The van der Waals surface area contributed by atoms with Crippen LogP contribution in [0.1, 0.15) is 58.8 Å². The van der Waals surface area contributed by atoms with Crippen molar-refractivity contribution in [2.45, 2.75) is 51.1 Å². The Hall–Kier alpha value is -3.80. The maximum absolute atomic E-state index is 13.4. The highest BCUT2D eigenvalue weighted by molar-refractivity contribution is 6.00. The lowest BCUT2D eigenvalue weighted by molar-refractivity contribution is 0.0933. The fourth-order valence-corrected chi connectivity index (χ4v) is 5.34. The summed E-state index contributed by atoms with van der Waals surface area (Å²) in [7, 11) is 0. The summed E-state index contributed by atoms with van der Waals surface area (Å²) in [6.45, 7) is 3.59. The van der Waals surface area contributed by atoms with Crippen LogP contribution in [0.5, 0.6) is 0 Å². The molecule has 3 aromatic carbocycles. The molecule has 36 heavy (non-hydrogen) atoms. The Morgan fingerprint density at radius 1 is 0.833 bits per heavy atom. The van der Waals surface area contributed by atoms with Crippen molar-refractivity contribution < 1.29 is 9.59 Å². The lowest BCUT2D eigenvalue weighted by atomic mass is 9.87. The topological polar surface area (TPSA) is 73.5 Å². The number of aryl methyl sites for hydroxylation is 2. The number of benzene rings is 3. The Morgan fingerprint density at radius 3 is 2.36 bits per heavy atom. The zero-order valence-electron chi connectivity index (χ0n) is 20.8. The van der Waals surface area contributed by atoms with E-state index >= 15 is 0 Å². The van der Waals surface area contributed by atoms with Gasteiger partial charge in [0.1, 0.15) is 0 Å². The summed E-state index contributed by atoms with van der Waals surface area (Å²) in [6.07, 6.45) is 4.78. The summed E-state index contributed by atoms with van der Waals surface area (Å²) in [5.41, 5.74) is 6.20. The number of nitrogens with zero attached hydrogens (tertiary/aromatic N) is 1. The summed E-state index contributed by atoms with van der Waals surface area (Å²) in [6, 6.07) is 24.0. The molecule has 0 aromatic heterocycles. The number of piperidine rings is 1. The molecule has 1 heterocycles. The molecule has 0 bridgehead atoms. The summed E-state index contributed by atoms with van der Waals surface area (Å²) in [5.74, 6) is -0.0231. The fraction of sp³-hybridized carbons (Fsp3) is 0.333. The van der Waals surface area contributed by atoms with Crippen molar-refractivity contribution >= 4 is 23.3 Å². The van der Waals surface area contributed by atoms with E-state index in [0.717, 1.165) is 62.1 Å². The normalized spacial score (nSPS) is 17.7. The van der Waals surface area contributed by atoms with Crippen molar-refractivity contribution in [1.82, 2.24) is 10.6 Å². The average molecular weight is 483 g/mol. The van der Waals surface area contributed by atoms with Gasteiger partial charge in [0.15, 0.2) is 0 Å². The molecule has 3 aromatic rings. The van der Waals surface area contributed by atoms with Crippen LogP contribution >= 0.6 is 0 Å². The van der Waals surface area contributed by atoms with Gasteiger partial charge < -0.3 is 20.9 Å². The molecule has 186 valence electrons. The lowest BCUT2D eigenvalue weighted by Gasteiger charge is -2.35. The number of carbonyl (C=O) groups is 2. The van der Waals surface area contributed by atoms with E-state index in [4.69, 9.17) is 0 Å². The molecule has 1 atom stereocenters. The molecule has 6 heteroatoms. The van der Waals surface area contributed by atoms with Gasteiger partial charge in [-0.2, -0.15) is 0 Å². The third-order valence-electron chi connectivity index (χ3n) is 7.30. The summed E-state index contributed by atoms with van der Waals surface area (Å²) in [4.78, 5) is 28.1. The minimum absolute atomic E-state index is 0.0231. The number of hydrogen-bond donors (Lipinski definition) is 3. The average Bonchev–Trinajstić information content (AvgIpc) is 2.91. The molecule has 2 aliphatic rings. The number of nitrogens with one attached hydrogen (secondary N) is 3. The van der Waals surface area contributed by atoms with Crippen LogP contribution in [-0.4, -0.2) is 31.1 Å². The molecule has 0 unspecified atom stereocenters. The van der Waals surface area contributed by atoms with Crippen LogP contribution in [0, 0.1) is 6.92 Å². The predicted molar refractivity (Wildman–Crippen MR) is 145 cm³/mol. The number of fused-ring (bicyclic) bond motifs is 1. The van der Waals surface area contributed by atoms with E-state index in [9.17, 15) is 9.59 Å². The van der Waals surface area contributed by atoms with E-state index < -0.39 is 0 Å². The van der Waals surface area contributed by atoms with E-state index in [-0.39, 0.29) is 24.0 Å². The molecular weight excluding hydrogens is 448 g/mol. The van der Waals surface area contributed by atoms with E-state index in [0.29, 0.717) is 5.56 Å². The van der Waals surface area contributed by atoms with Crippen molar-refractivity contribution in [1.29, 1.82) is 0 Å². The monoisotopic (exact) mass is 482 g/mol. The zero-order chi connectivity index (χ0) is 24.9. The maximum atomic E-state index is 13.4. The first-order chi connectivity index (χ1) is 17.6. The van der Waals surface area contributed by atoms with Crippen LogP contribution in [0.2, 0.25) is 0 Å². The number of para-hydroxylation sites is 1. The second-order valence-electron chi connectivity index (χ2n) is 9.86. The standard InChI is InChI=1S/C30H34N4O2/c1-21-13-15-23(16-14-21)31-30(36)32-24-17-19-34(20-18-24)28-12-5-4-10-26(28)29(35)33-27-11-6-8-22-7-2-3-9-25(22)27/h2-5,7,9-10,12-16,24,27H,6,8,11,17-20H2,1H3,(H,33,35)(H2,31,32,36)/t27-/m0/s1. The van der Waals surface area contributed by atoms with E-state index in [1.165, 1.54) is 11.1 Å². The van der Waals surface area contributed by atoms with E-state index in [2.05, 4.69) is 45.1 Å². The Kier molecular flexibility index (Phi) is 7.21. The number of carbonyl (C=O) groups excluding carboxylic acids is 2. The van der Waals surface area contributed by atoms with Crippen molar-refractivity contribution in [2.75, 3.05) is 23.3 Å². The number of amides is 3. The summed E-state index contributed by atoms with van der Waals surface area (Å²) < 4.78 is 0. The summed E-state index contributed by atoms with van der Waals surface area (Å²) in [5, 5.41) is 9.31. The van der Waals surface area contributed by atoms with Gasteiger partial charge in [0.05, 0.1) is 11.6 Å². The van der Waals surface area contributed by atoms with Gasteiger partial charge in [-0.25, -0.2) is 4.79 Å². The lowest BCUT2D eigenvalue weighted by Crippen LogP contribution is -2.46. The second-order valence-corrected chi connectivity index (χ2v) is 9.86. The molecule has 3 amide bonds. The Bertz CT molecular complexity index is 1220. The van der Waals surface area contributed by atoms with Gasteiger partial charge in [-0.1, -0.05) is 54.1 Å². The minimum atomic E-state index is -0.176. The molecule has 3 N–H and O–H groups in total. The highest BCUT2D eigenvalue weighted by atomic mass is 16.2. The van der Waals surface area contributed by atoms with Crippen LogP contribution in [0.25, 0.3) is 0 Å². The highest BCUT2D eigenvalue weighted by Crippen LogP contribution is 2.31. The number of hydrogen-bond acceptors (Lipinski definition) is 3. The quantitative estimate of drug-likeness (QED) is 0.444.